The highest BCUT2D eigenvalue weighted by molar-refractivity contribution is 6.10. The van der Waals surface area contributed by atoms with Crippen molar-refractivity contribution in [2.45, 2.75) is 38.0 Å². The normalized spacial score (nSPS) is 17.5. The summed E-state index contributed by atoms with van der Waals surface area (Å²) in [6.45, 7) is 2.76. The third-order valence-corrected chi connectivity index (χ3v) is 4.48. The molecule has 152 valence electrons. The van der Waals surface area contributed by atoms with Crippen LogP contribution in [0.15, 0.2) is 29.4 Å². The molecule has 1 amide bonds. The van der Waals surface area contributed by atoms with Crippen LogP contribution in [-0.2, 0) is 14.3 Å². The molecule has 28 heavy (non-hydrogen) atoms. The molecule has 1 unspecified atom stereocenters. The van der Waals surface area contributed by atoms with Crippen LogP contribution in [0.5, 0.6) is 0 Å². The molecule has 1 fully saturated rings. The number of benzene rings is 1. The van der Waals surface area contributed by atoms with Crippen LogP contribution >= 0.6 is 0 Å². The van der Waals surface area contributed by atoms with Gasteiger partial charge in [-0.2, -0.15) is 0 Å². The fraction of sp³-hybridized carbons (Fsp3) is 0.444. The van der Waals surface area contributed by atoms with Gasteiger partial charge in [0.25, 0.3) is 5.91 Å². The average molecular weight is 392 g/mol. The average Bonchev–Trinajstić information content (AvgIpc) is 2.72. The Balaban J connectivity index is 2.28. The second kappa shape index (κ2) is 9.29. The zero-order chi connectivity index (χ0) is 20.7. The highest BCUT2D eigenvalue weighted by atomic mass is 16.6. The Morgan fingerprint density at radius 3 is 2.32 bits per heavy atom. The lowest BCUT2D eigenvalue weighted by Crippen LogP contribution is -2.63. The maximum absolute atomic E-state index is 12.6. The fourth-order valence-electron chi connectivity index (χ4n) is 2.88. The van der Waals surface area contributed by atoms with Crippen molar-refractivity contribution in [2.24, 2.45) is 10.9 Å². The van der Waals surface area contributed by atoms with Crippen LogP contribution < -0.4 is 16.4 Å². The summed E-state index contributed by atoms with van der Waals surface area (Å²) in [6, 6.07) is 5.61. The topological polar surface area (TPSA) is 163 Å². The van der Waals surface area contributed by atoms with Gasteiger partial charge in [0.05, 0.1) is 6.10 Å². The molecule has 0 spiro atoms. The minimum absolute atomic E-state index is 0.0953. The van der Waals surface area contributed by atoms with Gasteiger partial charge in [-0.05, 0) is 38.1 Å². The van der Waals surface area contributed by atoms with Crippen molar-refractivity contribution >= 4 is 23.5 Å². The van der Waals surface area contributed by atoms with Crippen LogP contribution in [0.25, 0.3) is 0 Å². The highest BCUT2D eigenvalue weighted by Gasteiger charge is 2.50. The number of amides is 1. The van der Waals surface area contributed by atoms with E-state index >= 15 is 0 Å². The maximum Gasteiger partial charge on any atom is 0.365 e. The number of nitrogens with two attached hydrogens (primary N) is 1. The lowest BCUT2D eigenvalue weighted by molar-refractivity contribution is -0.185. The summed E-state index contributed by atoms with van der Waals surface area (Å²) in [4.78, 5) is 37.2. The summed E-state index contributed by atoms with van der Waals surface area (Å²) in [5.74, 6) is -3.24. The number of Topliss-reactive ketones (excluding diaryl/α,β-unsaturated/α-hetero) is 1. The number of carbonyl (C=O) groups is 3. The largest absolute Gasteiger partial charge is 0.477 e. The fourth-order valence-corrected chi connectivity index (χ4v) is 2.88. The van der Waals surface area contributed by atoms with Gasteiger partial charge >= 0.3 is 11.7 Å². The number of carbonyl (C=O) groups excluding carboxylic acids is 2. The molecule has 0 aliphatic carbocycles. The van der Waals surface area contributed by atoms with E-state index in [-0.39, 0.29) is 17.8 Å². The molecule has 6 N–H and O–H groups in total. The number of aliphatic carboxylic acids is 1. The molecule has 1 aromatic carbocycles. The van der Waals surface area contributed by atoms with Crippen LogP contribution in [0, 0.1) is 0 Å². The summed E-state index contributed by atoms with van der Waals surface area (Å²) in [5, 5.41) is 26.7. The Morgan fingerprint density at radius 1 is 1.25 bits per heavy atom. The van der Waals surface area contributed by atoms with Crippen molar-refractivity contribution in [3.8, 4) is 0 Å². The molecular formula is C18H24N4O6. The molecule has 0 aromatic heterocycles. The molecule has 1 aromatic rings. The number of hydrogen-bond donors (Lipinski definition) is 5. The SMILES string of the molecule is CCC(=O)C(NC(=O)c1ccc(C(N)=NO)cc1)(OC1CCNCC1)C(=O)O. The number of nitrogens with zero attached hydrogens (tertiary/aromatic N) is 1. The van der Waals surface area contributed by atoms with E-state index < -0.39 is 29.5 Å². The van der Waals surface area contributed by atoms with E-state index in [0.29, 0.717) is 31.5 Å². The third-order valence-electron chi connectivity index (χ3n) is 4.48. The van der Waals surface area contributed by atoms with Crippen molar-refractivity contribution in [1.82, 2.24) is 10.6 Å². The Morgan fingerprint density at radius 2 is 1.82 bits per heavy atom. The second-order valence-electron chi connectivity index (χ2n) is 6.35. The number of hydrogen-bond acceptors (Lipinski definition) is 7. The number of amidine groups is 1. The number of carboxylic acid groups (broad SMARTS) is 1. The van der Waals surface area contributed by atoms with Crippen molar-refractivity contribution in [2.75, 3.05) is 13.1 Å². The summed E-state index contributed by atoms with van der Waals surface area (Å²) in [5.41, 5.74) is 3.49. The standard InChI is InChI=1S/C18H24N4O6/c1-2-14(23)18(17(25)26,28-13-7-9-20-10-8-13)21-16(24)12-5-3-11(4-6-12)15(19)22-27/h3-6,13,20,27H,2,7-10H2,1H3,(H2,19,22)(H,21,24)(H,25,26). The molecule has 0 saturated carbocycles. The third kappa shape index (κ3) is 4.65. The number of oxime groups is 1. The van der Waals surface area contributed by atoms with Crippen LogP contribution in [0.3, 0.4) is 0 Å². The summed E-state index contributed by atoms with van der Waals surface area (Å²) >= 11 is 0. The number of piperidine rings is 1. The molecule has 1 saturated heterocycles. The zero-order valence-corrected chi connectivity index (χ0v) is 15.5. The lowest BCUT2D eigenvalue weighted by Gasteiger charge is -2.34. The molecule has 2 rings (SSSR count). The van der Waals surface area contributed by atoms with E-state index in [2.05, 4.69) is 15.8 Å². The van der Waals surface area contributed by atoms with Crippen molar-refractivity contribution in [3.63, 3.8) is 0 Å². The zero-order valence-electron chi connectivity index (χ0n) is 15.5. The van der Waals surface area contributed by atoms with E-state index in [0.717, 1.165) is 0 Å². The number of ketones is 1. The monoisotopic (exact) mass is 392 g/mol. The summed E-state index contributed by atoms with van der Waals surface area (Å²) in [6.07, 6.45) is 0.447. The Hall–Kier alpha value is -2.98. The lowest BCUT2D eigenvalue weighted by atomic mass is 10.0. The van der Waals surface area contributed by atoms with Crippen LogP contribution in [-0.4, -0.2) is 58.7 Å². The molecule has 10 nitrogen and oxygen atoms in total. The molecule has 1 atom stereocenters. The summed E-state index contributed by atoms with van der Waals surface area (Å²) < 4.78 is 5.67. The van der Waals surface area contributed by atoms with E-state index in [1.54, 1.807) is 0 Å². The molecule has 0 radical (unpaired) electrons. The molecule has 1 aliphatic rings. The number of ether oxygens (including phenoxy) is 1. The van der Waals surface area contributed by atoms with Gasteiger partial charge in [0.15, 0.2) is 11.6 Å². The van der Waals surface area contributed by atoms with Gasteiger partial charge in [-0.25, -0.2) is 4.79 Å². The first kappa shape index (κ1) is 21.3. The minimum Gasteiger partial charge on any atom is -0.477 e. The van der Waals surface area contributed by atoms with Gasteiger partial charge in [-0.3, -0.25) is 9.59 Å². The van der Waals surface area contributed by atoms with Crippen LogP contribution in [0.1, 0.15) is 42.1 Å². The maximum atomic E-state index is 12.6. The number of nitrogens with one attached hydrogen (secondary N) is 2. The Kier molecular flexibility index (Phi) is 7.07. The van der Waals surface area contributed by atoms with Gasteiger partial charge in [-0.1, -0.05) is 24.2 Å². The minimum atomic E-state index is -2.46. The first-order chi connectivity index (χ1) is 13.3. The number of rotatable bonds is 8. The highest BCUT2D eigenvalue weighted by Crippen LogP contribution is 2.21. The van der Waals surface area contributed by atoms with Crippen LogP contribution in [0.2, 0.25) is 0 Å². The van der Waals surface area contributed by atoms with Crippen LogP contribution in [0.4, 0.5) is 0 Å². The van der Waals surface area contributed by atoms with E-state index in [1.807, 2.05) is 0 Å². The predicted octanol–water partition coefficient (Wildman–Crippen LogP) is 0.0395. The molecule has 1 heterocycles. The first-order valence-electron chi connectivity index (χ1n) is 8.89. The van der Waals surface area contributed by atoms with Crippen molar-refractivity contribution in [1.29, 1.82) is 0 Å². The van der Waals surface area contributed by atoms with Crippen molar-refractivity contribution in [3.05, 3.63) is 35.4 Å². The van der Waals surface area contributed by atoms with Gasteiger partial charge in [0.2, 0.25) is 0 Å². The summed E-state index contributed by atoms with van der Waals surface area (Å²) in [7, 11) is 0. The molecule has 1 aliphatic heterocycles. The molecule has 0 bridgehead atoms. The van der Waals surface area contributed by atoms with Gasteiger partial charge in [0.1, 0.15) is 0 Å². The van der Waals surface area contributed by atoms with E-state index in [9.17, 15) is 19.5 Å². The molecule has 10 heteroatoms. The quantitative estimate of drug-likeness (QED) is 0.103. The number of carboxylic acids is 1. The van der Waals surface area contributed by atoms with Gasteiger partial charge in [-0.15, -0.1) is 0 Å². The van der Waals surface area contributed by atoms with Gasteiger partial charge < -0.3 is 31.4 Å². The molecular weight excluding hydrogens is 368 g/mol. The second-order valence-corrected chi connectivity index (χ2v) is 6.35. The smallest absolute Gasteiger partial charge is 0.365 e. The predicted molar refractivity (Wildman–Crippen MR) is 99.1 cm³/mol. The van der Waals surface area contributed by atoms with E-state index in [1.165, 1.54) is 31.2 Å². The van der Waals surface area contributed by atoms with Crippen molar-refractivity contribution < 1.29 is 29.4 Å². The first-order valence-corrected chi connectivity index (χ1v) is 8.89. The van der Waals surface area contributed by atoms with E-state index in [4.69, 9.17) is 15.7 Å². The van der Waals surface area contributed by atoms with Gasteiger partial charge in [0, 0.05) is 17.5 Å². The Labute approximate surface area is 161 Å². The Bertz CT molecular complexity index is 758.